The molecule has 0 saturated heterocycles. The number of hydrogen-bond acceptors (Lipinski definition) is 4. The first-order chi connectivity index (χ1) is 6.95. The zero-order chi connectivity index (χ0) is 11.5. The Balaban J connectivity index is 2.90. The highest BCUT2D eigenvalue weighted by atomic mass is 32.2. The van der Waals surface area contributed by atoms with Crippen LogP contribution in [-0.2, 0) is 9.84 Å². The molecule has 1 rings (SSSR count). The van der Waals surface area contributed by atoms with Crippen molar-refractivity contribution in [2.75, 3.05) is 12.0 Å². The lowest BCUT2D eigenvalue weighted by Crippen LogP contribution is -2.00. The fourth-order valence-corrected chi connectivity index (χ4v) is 2.10. The molecule has 0 aromatic heterocycles. The zero-order valence-electron chi connectivity index (χ0n) is 8.42. The Morgan fingerprint density at radius 1 is 1.33 bits per heavy atom. The van der Waals surface area contributed by atoms with Gasteiger partial charge in [0.2, 0.25) is 0 Å². The summed E-state index contributed by atoms with van der Waals surface area (Å²) < 4.78 is 22.3. The van der Waals surface area contributed by atoms with Gasteiger partial charge in [-0.3, -0.25) is 0 Å². The number of benzene rings is 1. The van der Waals surface area contributed by atoms with Crippen LogP contribution in [0.1, 0.15) is 18.1 Å². The van der Waals surface area contributed by atoms with Crippen molar-refractivity contribution in [1.82, 2.24) is 0 Å². The van der Waals surface area contributed by atoms with Gasteiger partial charge < -0.3 is 5.11 Å². The first-order valence-corrected chi connectivity index (χ1v) is 7.06. The lowest BCUT2D eigenvalue weighted by Gasteiger charge is -2.09. The summed E-state index contributed by atoms with van der Waals surface area (Å²) in [5.41, 5.74) is 0.719. The Kier molecular flexibility index (Phi) is 4.19. The molecule has 3 nitrogen and oxygen atoms in total. The van der Waals surface area contributed by atoms with Crippen LogP contribution in [-0.4, -0.2) is 25.5 Å². The molecule has 0 spiro atoms. The van der Waals surface area contributed by atoms with Crippen LogP contribution in [0.2, 0.25) is 0 Å². The van der Waals surface area contributed by atoms with Crippen LogP contribution in [0.5, 0.6) is 0 Å². The Morgan fingerprint density at radius 2 is 1.87 bits per heavy atom. The Morgan fingerprint density at radius 3 is 2.27 bits per heavy atom. The number of rotatable bonds is 4. The van der Waals surface area contributed by atoms with Gasteiger partial charge in [-0.1, -0.05) is 12.1 Å². The summed E-state index contributed by atoms with van der Waals surface area (Å²) in [6.07, 6.45) is 1.14. The minimum absolute atomic E-state index is 0.268. The predicted molar refractivity (Wildman–Crippen MR) is 63.0 cm³/mol. The summed E-state index contributed by atoms with van der Waals surface area (Å²) in [4.78, 5) is 0.268. The van der Waals surface area contributed by atoms with Gasteiger partial charge in [0.05, 0.1) is 11.0 Å². The van der Waals surface area contributed by atoms with E-state index in [9.17, 15) is 13.5 Å². The van der Waals surface area contributed by atoms with E-state index >= 15 is 0 Å². The summed E-state index contributed by atoms with van der Waals surface area (Å²) in [6, 6.07) is 6.27. The molecule has 0 amide bonds. The van der Waals surface area contributed by atoms with Crippen LogP contribution < -0.4 is 0 Å². The molecule has 0 heterocycles. The SMILES string of the molecule is CS(=O)(=O)c1ccc(C(O)CCS)cc1. The monoisotopic (exact) mass is 246 g/mol. The molecular formula is C10H14O3S2. The summed E-state index contributed by atoms with van der Waals surface area (Å²) in [5.74, 6) is 0.592. The topological polar surface area (TPSA) is 54.4 Å². The molecule has 1 aromatic carbocycles. The predicted octanol–water partition coefficient (Wildman–Crippen LogP) is 1.44. The lowest BCUT2D eigenvalue weighted by molar-refractivity contribution is 0.175. The van der Waals surface area contributed by atoms with Gasteiger partial charge in [0.1, 0.15) is 0 Å². The van der Waals surface area contributed by atoms with Gasteiger partial charge in [-0.05, 0) is 29.9 Å². The van der Waals surface area contributed by atoms with E-state index < -0.39 is 15.9 Å². The van der Waals surface area contributed by atoms with Crippen LogP contribution in [0.15, 0.2) is 29.2 Å². The van der Waals surface area contributed by atoms with Gasteiger partial charge in [0.25, 0.3) is 0 Å². The minimum Gasteiger partial charge on any atom is -0.388 e. The largest absolute Gasteiger partial charge is 0.388 e. The quantitative estimate of drug-likeness (QED) is 0.791. The molecule has 0 aliphatic carbocycles. The van der Waals surface area contributed by atoms with Crippen LogP contribution in [0.4, 0.5) is 0 Å². The number of hydrogen-bond donors (Lipinski definition) is 2. The van der Waals surface area contributed by atoms with Gasteiger partial charge in [0, 0.05) is 6.26 Å². The third kappa shape index (κ3) is 3.52. The Bertz CT molecular complexity index is 409. The molecule has 5 heteroatoms. The summed E-state index contributed by atoms with van der Waals surface area (Å²) in [5, 5.41) is 9.62. The van der Waals surface area contributed by atoms with Crippen molar-refractivity contribution >= 4 is 22.5 Å². The van der Waals surface area contributed by atoms with Gasteiger partial charge >= 0.3 is 0 Å². The van der Waals surface area contributed by atoms with Gasteiger partial charge in [-0.25, -0.2) is 8.42 Å². The maximum Gasteiger partial charge on any atom is 0.175 e. The fraction of sp³-hybridized carbons (Fsp3) is 0.400. The molecule has 1 N–H and O–H groups in total. The lowest BCUT2D eigenvalue weighted by atomic mass is 10.1. The smallest absolute Gasteiger partial charge is 0.175 e. The molecule has 0 fully saturated rings. The first-order valence-electron chi connectivity index (χ1n) is 4.54. The van der Waals surface area contributed by atoms with Crippen molar-refractivity contribution in [3.05, 3.63) is 29.8 Å². The Labute approximate surface area is 95.5 Å². The highest BCUT2D eigenvalue weighted by Crippen LogP contribution is 2.19. The molecule has 1 unspecified atom stereocenters. The van der Waals surface area contributed by atoms with E-state index in [-0.39, 0.29) is 4.90 Å². The Hall–Kier alpha value is -0.520. The number of aliphatic hydroxyl groups is 1. The third-order valence-electron chi connectivity index (χ3n) is 2.10. The van der Waals surface area contributed by atoms with E-state index in [1.807, 2.05) is 0 Å². The zero-order valence-corrected chi connectivity index (χ0v) is 10.1. The fourth-order valence-electron chi connectivity index (χ4n) is 1.23. The molecule has 84 valence electrons. The van der Waals surface area contributed by atoms with Gasteiger partial charge in [-0.15, -0.1) is 0 Å². The van der Waals surface area contributed by atoms with Crippen LogP contribution >= 0.6 is 12.6 Å². The molecule has 0 aliphatic rings. The van der Waals surface area contributed by atoms with E-state index in [0.717, 1.165) is 11.8 Å². The van der Waals surface area contributed by atoms with E-state index in [2.05, 4.69) is 12.6 Å². The normalized spacial score (nSPS) is 13.8. The first kappa shape index (κ1) is 12.5. The third-order valence-corrected chi connectivity index (χ3v) is 3.48. The molecule has 0 radical (unpaired) electrons. The second kappa shape index (κ2) is 5.01. The molecule has 0 saturated carbocycles. The number of thiol groups is 1. The molecule has 15 heavy (non-hydrogen) atoms. The van der Waals surface area contributed by atoms with Gasteiger partial charge in [-0.2, -0.15) is 12.6 Å². The molecule has 1 atom stereocenters. The van der Waals surface area contributed by atoms with Crippen molar-refractivity contribution in [1.29, 1.82) is 0 Å². The molecule has 1 aromatic rings. The van der Waals surface area contributed by atoms with Crippen molar-refractivity contribution in [3.8, 4) is 0 Å². The van der Waals surface area contributed by atoms with E-state index in [0.29, 0.717) is 12.2 Å². The molecule has 0 bridgehead atoms. The standard InChI is InChI=1S/C10H14O3S2/c1-15(12,13)9-4-2-8(3-5-9)10(11)6-7-14/h2-5,10-11,14H,6-7H2,1H3. The van der Waals surface area contributed by atoms with E-state index in [4.69, 9.17) is 0 Å². The molecular weight excluding hydrogens is 232 g/mol. The second-order valence-corrected chi connectivity index (χ2v) is 5.83. The van der Waals surface area contributed by atoms with Crippen molar-refractivity contribution in [2.45, 2.75) is 17.4 Å². The average molecular weight is 246 g/mol. The van der Waals surface area contributed by atoms with Crippen molar-refractivity contribution in [2.24, 2.45) is 0 Å². The van der Waals surface area contributed by atoms with E-state index in [1.165, 1.54) is 12.1 Å². The average Bonchev–Trinajstić information content (AvgIpc) is 2.17. The maximum absolute atomic E-state index is 11.2. The van der Waals surface area contributed by atoms with Gasteiger partial charge in [0.15, 0.2) is 9.84 Å². The van der Waals surface area contributed by atoms with Crippen molar-refractivity contribution < 1.29 is 13.5 Å². The highest BCUT2D eigenvalue weighted by Gasteiger charge is 2.09. The van der Waals surface area contributed by atoms with Crippen LogP contribution in [0.3, 0.4) is 0 Å². The summed E-state index contributed by atoms with van der Waals surface area (Å²) in [7, 11) is -3.15. The minimum atomic E-state index is -3.15. The summed E-state index contributed by atoms with van der Waals surface area (Å²) in [6.45, 7) is 0. The molecule has 0 aliphatic heterocycles. The maximum atomic E-state index is 11.2. The number of sulfone groups is 1. The second-order valence-electron chi connectivity index (χ2n) is 3.37. The number of aliphatic hydroxyl groups excluding tert-OH is 1. The van der Waals surface area contributed by atoms with Crippen molar-refractivity contribution in [3.63, 3.8) is 0 Å². The van der Waals surface area contributed by atoms with Crippen LogP contribution in [0, 0.1) is 0 Å². The highest BCUT2D eigenvalue weighted by molar-refractivity contribution is 7.90. The van der Waals surface area contributed by atoms with E-state index in [1.54, 1.807) is 12.1 Å². The summed E-state index contributed by atoms with van der Waals surface area (Å²) >= 11 is 4.02. The van der Waals surface area contributed by atoms with Crippen LogP contribution in [0.25, 0.3) is 0 Å².